The van der Waals surface area contributed by atoms with Crippen molar-refractivity contribution >= 4 is 23.2 Å². The monoisotopic (exact) mass is 466 g/mol. The van der Waals surface area contributed by atoms with E-state index < -0.39 is 0 Å². The number of benzene rings is 4. The maximum Gasteiger partial charge on any atom is 0.259 e. The molecule has 35 heavy (non-hydrogen) atoms. The molecule has 0 saturated heterocycles. The number of nitrogens with one attached hydrogen (secondary N) is 2. The number of rotatable bonds is 9. The molecule has 0 unspecified atom stereocenters. The van der Waals surface area contributed by atoms with Gasteiger partial charge in [-0.2, -0.15) is 0 Å². The predicted octanol–water partition coefficient (Wildman–Crippen LogP) is 5.96. The minimum absolute atomic E-state index is 0.256. The van der Waals surface area contributed by atoms with Crippen LogP contribution in [0.5, 0.6) is 11.5 Å². The van der Waals surface area contributed by atoms with E-state index in [9.17, 15) is 9.59 Å². The van der Waals surface area contributed by atoms with E-state index in [1.807, 2.05) is 61.5 Å². The molecule has 0 atom stereocenters. The topological polar surface area (TPSA) is 76.7 Å². The van der Waals surface area contributed by atoms with Gasteiger partial charge in [0.15, 0.2) is 0 Å². The average molecular weight is 467 g/mol. The molecule has 6 heteroatoms. The molecule has 4 rings (SSSR count). The maximum atomic E-state index is 13.0. The lowest BCUT2D eigenvalue weighted by molar-refractivity contribution is 0.101. The molecule has 0 bridgehead atoms. The van der Waals surface area contributed by atoms with E-state index >= 15 is 0 Å². The summed E-state index contributed by atoms with van der Waals surface area (Å²) in [6.07, 6.45) is 0. The molecule has 0 saturated carbocycles. The Hall–Kier alpha value is -4.58. The highest BCUT2D eigenvalue weighted by Crippen LogP contribution is 2.21. The van der Waals surface area contributed by atoms with Crippen LogP contribution in [0.15, 0.2) is 103 Å². The van der Waals surface area contributed by atoms with E-state index in [0.717, 1.165) is 11.3 Å². The molecule has 2 N–H and O–H groups in total. The van der Waals surface area contributed by atoms with E-state index in [1.54, 1.807) is 48.5 Å². The van der Waals surface area contributed by atoms with Crippen LogP contribution in [0.4, 0.5) is 11.4 Å². The molecule has 2 amide bonds. The number of carbonyl (C=O) groups is 2. The average Bonchev–Trinajstić information content (AvgIpc) is 2.87. The van der Waals surface area contributed by atoms with E-state index in [0.29, 0.717) is 34.9 Å². The molecule has 0 aromatic heterocycles. The van der Waals surface area contributed by atoms with Gasteiger partial charge < -0.3 is 20.1 Å². The summed E-state index contributed by atoms with van der Waals surface area (Å²) in [7, 11) is 0. The fourth-order valence-corrected chi connectivity index (χ4v) is 3.47. The van der Waals surface area contributed by atoms with Crippen LogP contribution in [0, 0.1) is 6.92 Å². The number of hydrogen-bond acceptors (Lipinski definition) is 4. The number of anilines is 2. The molecule has 176 valence electrons. The lowest BCUT2D eigenvalue weighted by Crippen LogP contribution is -2.16. The second-order valence-corrected chi connectivity index (χ2v) is 7.86. The first-order valence-electron chi connectivity index (χ1n) is 11.3. The van der Waals surface area contributed by atoms with Crippen LogP contribution in [-0.4, -0.2) is 25.0 Å². The molecule has 6 nitrogen and oxygen atoms in total. The minimum Gasteiger partial charge on any atom is -0.490 e. The minimum atomic E-state index is -0.333. The third-order valence-electron chi connectivity index (χ3n) is 5.14. The third-order valence-corrected chi connectivity index (χ3v) is 5.14. The standard InChI is InChI=1S/C29H26N2O4/c1-21-9-7-11-23(19-21)30-28(32)22-10-8-12-24(20-22)31-29(33)26-15-5-6-16-27(26)35-18-17-34-25-13-3-2-4-14-25/h2-16,19-20H,17-18H2,1H3,(H,30,32)(H,31,33). The van der Waals surface area contributed by atoms with Crippen LogP contribution in [0.1, 0.15) is 26.3 Å². The fourth-order valence-electron chi connectivity index (χ4n) is 3.47. The van der Waals surface area contributed by atoms with Crippen LogP contribution in [0.25, 0.3) is 0 Å². The highest BCUT2D eigenvalue weighted by atomic mass is 16.5. The van der Waals surface area contributed by atoms with E-state index in [2.05, 4.69) is 10.6 Å². The lowest BCUT2D eigenvalue weighted by atomic mass is 10.1. The van der Waals surface area contributed by atoms with Crippen molar-refractivity contribution in [2.24, 2.45) is 0 Å². The summed E-state index contributed by atoms with van der Waals surface area (Å²) in [6.45, 7) is 2.59. The van der Waals surface area contributed by atoms with Crippen molar-refractivity contribution < 1.29 is 19.1 Å². The summed E-state index contributed by atoms with van der Waals surface area (Å²) < 4.78 is 11.5. The van der Waals surface area contributed by atoms with Crippen molar-refractivity contribution in [1.82, 2.24) is 0 Å². The molecule has 0 fully saturated rings. The van der Waals surface area contributed by atoms with Crippen LogP contribution >= 0.6 is 0 Å². The number of hydrogen-bond donors (Lipinski definition) is 2. The van der Waals surface area contributed by atoms with Gasteiger partial charge in [0, 0.05) is 16.9 Å². The fraction of sp³-hybridized carbons (Fsp3) is 0.103. The van der Waals surface area contributed by atoms with Crippen LogP contribution in [0.2, 0.25) is 0 Å². The maximum absolute atomic E-state index is 13.0. The van der Waals surface area contributed by atoms with Gasteiger partial charge in [-0.05, 0) is 67.1 Å². The highest BCUT2D eigenvalue weighted by Gasteiger charge is 2.14. The molecule has 0 aliphatic rings. The second-order valence-electron chi connectivity index (χ2n) is 7.86. The zero-order valence-corrected chi connectivity index (χ0v) is 19.4. The first-order valence-corrected chi connectivity index (χ1v) is 11.3. The molecular formula is C29H26N2O4. The van der Waals surface area contributed by atoms with Crippen molar-refractivity contribution in [2.75, 3.05) is 23.8 Å². The van der Waals surface area contributed by atoms with E-state index in [1.165, 1.54) is 0 Å². The Kier molecular flexibility index (Phi) is 7.76. The summed E-state index contributed by atoms with van der Waals surface area (Å²) >= 11 is 0. The second kappa shape index (κ2) is 11.5. The number of amides is 2. The van der Waals surface area contributed by atoms with Gasteiger partial charge in [0.2, 0.25) is 0 Å². The van der Waals surface area contributed by atoms with Crippen molar-refractivity contribution in [3.63, 3.8) is 0 Å². The Balaban J connectivity index is 1.37. The van der Waals surface area contributed by atoms with Crippen LogP contribution < -0.4 is 20.1 Å². The van der Waals surface area contributed by atoms with Crippen molar-refractivity contribution in [3.05, 3.63) is 120 Å². The molecule has 0 aliphatic carbocycles. The smallest absolute Gasteiger partial charge is 0.259 e. The molecule has 0 aliphatic heterocycles. The van der Waals surface area contributed by atoms with E-state index in [-0.39, 0.29) is 18.4 Å². The van der Waals surface area contributed by atoms with Gasteiger partial charge in [-0.25, -0.2) is 0 Å². The Morgan fingerprint density at radius 2 is 1.31 bits per heavy atom. The first-order chi connectivity index (χ1) is 17.1. The largest absolute Gasteiger partial charge is 0.490 e. The predicted molar refractivity (Wildman–Crippen MR) is 137 cm³/mol. The van der Waals surface area contributed by atoms with Gasteiger partial charge in [0.05, 0.1) is 5.56 Å². The molecule has 4 aromatic rings. The first kappa shape index (κ1) is 23.6. The van der Waals surface area contributed by atoms with Crippen LogP contribution in [0.3, 0.4) is 0 Å². The SMILES string of the molecule is Cc1cccc(NC(=O)c2cccc(NC(=O)c3ccccc3OCCOc3ccccc3)c2)c1. The van der Waals surface area contributed by atoms with Gasteiger partial charge >= 0.3 is 0 Å². The van der Waals surface area contributed by atoms with Crippen molar-refractivity contribution in [2.45, 2.75) is 6.92 Å². The summed E-state index contributed by atoms with van der Waals surface area (Å²) in [6, 6.07) is 30.8. The summed E-state index contributed by atoms with van der Waals surface area (Å²) in [4.78, 5) is 25.7. The van der Waals surface area contributed by atoms with Gasteiger partial charge in [0.25, 0.3) is 11.8 Å². The third kappa shape index (κ3) is 6.71. The number of aryl methyl sites for hydroxylation is 1. The molecule has 0 spiro atoms. The molecule has 4 aromatic carbocycles. The van der Waals surface area contributed by atoms with Gasteiger partial charge in [-0.3, -0.25) is 9.59 Å². The summed E-state index contributed by atoms with van der Waals surface area (Å²) in [5.41, 5.74) is 3.10. The zero-order chi connectivity index (χ0) is 24.5. The van der Waals surface area contributed by atoms with E-state index in [4.69, 9.17) is 9.47 Å². The van der Waals surface area contributed by atoms with Crippen LogP contribution in [-0.2, 0) is 0 Å². The van der Waals surface area contributed by atoms with Gasteiger partial charge in [0.1, 0.15) is 24.7 Å². The van der Waals surface area contributed by atoms with Gasteiger partial charge in [-0.15, -0.1) is 0 Å². The summed E-state index contributed by atoms with van der Waals surface area (Å²) in [5, 5.41) is 5.73. The highest BCUT2D eigenvalue weighted by molar-refractivity contribution is 6.08. The number of para-hydroxylation sites is 2. The Morgan fingerprint density at radius 1 is 0.657 bits per heavy atom. The van der Waals surface area contributed by atoms with Gasteiger partial charge in [-0.1, -0.05) is 48.5 Å². The zero-order valence-electron chi connectivity index (χ0n) is 19.4. The Bertz CT molecular complexity index is 1300. The quantitative estimate of drug-likeness (QED) is 0.299. The Morgan fingerprint density at radius 3 is 2.11 bits per heavy atom. The lowest BCUT2D eigenvalue weighted by Gasteiger charge is -2.13. The van der Waals surface area contributed by atoms with Crippen molar-refractivity contribution in [1.29, 1.82) is 0 Å². The number of ether oxygens (including phenoxy) is 2. The van der Waals surface area contributed by atoms with Crippen molar-refractivity contribution in [3.8, 4) is 11.5 Å². The Labute approximate surface area is 204 Å². The molecule has 0 radical (unpaired) electrons. The molecular weight excluding hydrogens is 440 g/mol. The summed E-state index contributed by atoms with van der Waals surface area (Å²) in [5.74, 6) is 0.623. The molecule has 0 heterocycles. The number of carbonyl (C=O) groups excluding carboxylic acids is 2. The normalized spacial score (nSPS) is 10.3.